The molecule has 0 saturated carbocycles. The third-order valence-corrected chi connectivity index (χ3v) is 2.72. The molecule has 0 bridgehead atoms. The van der Waals surface area contributed by atoms with E-state index in [1.165, 1.54) is 0 Å². The normalized spacial score (nSPS) is 34.0. The molecule has 4 atom stereocenters. The molecule has 1 saturated heterocycles. The highest BCUT2D eigenvalue weighted by Gasteiger charge is 2.57. The van der Waals surface area contributed by atoms with Crippen LogP contribution in [0.15, 0.2) is 21.9 Å². The standard InChI is InChI=1S/C9H11FN2O6.ClH/c10-9(7(16)6(15)4(3-13)18-9)12-2-1-5(14)11-8(12)17;/h1-2,4,6-7,13,15-16H,3H2,(H,11,14,17);1H/t4-,6-,7-,9+;/m1./s1. The Bertz CT molecular complexity index is 562. The molecule has 1 aliphatic heterocycles. The maximum absolute atomic E-state index is 14.4. The van der Waals surface area contributed by atoms with E-state index in [4.69, 9.17) is 5.11 Å². The van der Waals surface area contributed by atoms with E-state index in [0.717, 1.165) is 12.3 Å². The second-order valence-electron chi connectivity index (χ2n) is 3.86. The molecule has 0 aliphatic carbocycles. The predicted molar refractivity (Wildman–Crippen MR) is 61.6 cm³/mol. The second-order valence-corrected chi connectivity index (χ2v) is 3.86. The molecule has 0 amide bonds. The molecular formula is C9H12ClFN2O6. The number of aromatic nitrogens is 2. The maximum Gasteiger partial charge on any atom is 0.332 e. The van der Waals surface area contributed by atoms with Gasteiger partial charge in [0.1, 0.15) is 12.2 Å². The van der Waals surface area contributed by atoms with Gasteiger partial charge in [-0.05, 0) is 0 Å². The number of nitrogens with zero attached hydrogens (tertiary/aromatic N) is 1. The third kappa shape index (κ3) is 2.42. The van der Waals surface area contributed by atoms with E-state index in [0.29, 0.717) is 4.57 Å². The number of nitrogens with one attached hydrogen (secondary N) is 1. The summed E-state index contributed by atoms with van der Waals surface area (Å²) in [6.45, 7) is -0.734. The third-order valence-electron chi connectivity index (χ3n) is 2.72. The summed E-state index contributed by atoms with van der Waals surface area (Å²) in [7, 11) is 0. The quantitative estimate of drug-likeness (QED) is 0.484. The lowest BCUT2D eigenvalue weighted by molar-refractivity contribution is -0.239. The number of aliphatic hydroxyl groups excluding tert-OH is 3. The van der Waals surface area contributed by atoms with Crippen LogP contribution in [0.25, 0.3) is 0 Å². The molecule has 1 aromatic rings. The first-order chi connectivity index (χ1) is 8.40. The summed E-state index contributed by atoms with van der Waals surface area (Å²) < 4.78 is 19.4. The zero-order valence-electron chi connectivity index (χ0n) is 9.39. The highest BCUT2D eigenvalue weighted by Crippen LogP contribution is 2.35. The van der Waals surface area contributed by atoms with Gasteiger partial charge in [-0.25, -0.2) is 9.36 Å². The first kappa shape index (κ1) is 15.8. The number of hydrogen-bond acceptors (Lipinski definition) is 6. The number of alkyl halides is 1. The maximum atomic E-state index is 14.4. The molecule has 10 heteroatoms. The minimum absolute atomic E-state index is 0. The van der Waals surface area contributed by atoms with Gasteiger partial charge in [0, 0.05) is 12.3 Å². The molecule has 2 heterocycles. The molecule has 108 valence electrons. The van der Waals surface area contributed by atoms with Gasteiger partial charge < -0.3 is 20.1 Å². The molecule has 2 rings (SSSR count). The van der Waals surface area contributed by atoms with Crippen LogP contribution in [0, 0.1) is 0 Å². The van der Waals surface area contributed by atoms with E-state index in [1.54, 1.807) is 4.98 Å². The molecule has 0 spiro atoms. The van der Waals surface area contributed by atoms with E-state index >= 15 is 0 Å². The van der Waals surface area contributed by atoms with Crippen molar-refractivity contribution in [1.29, 1.82) is 0 Å². The fourth-order valence-electron chi connectivity index (χ4n) is 1.77. The lowest BCUT2D eigenvalue weighted by Gasteiger charge is -2.24. The van der Waals surface area contributed by atoms with E-state index in [2.05, 4.69) is 4.74 Å². The molecular weight excluding hydrogens is 287 g/mol. The Morgan fingerprint density at radius 1 is 1.47 bits per heavy atom. The Morgan fingerprint density at radius 3 is 2.58 bits per heavy atom. The Hall–Kier alpha value is -1.26. The molecule has 1 aliphatic rings. The lowest BCUT2D eigenvalue weighted by Crippen LogP contribution is -2.48. The number of aromatic amines is 1. The zero-order chi connectivity index (χ0) is 13.5. The summed E-state index contributed by atoms with van der Waals surface area (Å²) in [5, 5.41) is 27.8. The van der Waals surface area contributed by atoms with Gasteiger partial charge in [0.05, 0.1) is 6.61 Å². The molecule has 8 nitrogen and oxygen atoms in total. The van der Waals surface area contributed by atoms with Gasteiger partial charge in [-0.3, -0.25) is 9.78 Å². The highest BCUT2D eigenvalue weighted by molar-refractivity contribution is 5.85. The van der Waals surface area contributed by atoms with Crippen molar-refractivity contribution in [1.82, 2.24) is 9.55 Å². The van der Waals surface area contributed by atoms with Gasteiger partial charge in [0.2, 0.25) is 0 Å². The number of ether oxygens (including phenoxy) is 1. The van der Waals surface area contributed by atoms with Crippen LogP contribution < -0.4 is 11.2 Å². The van der Waals surface area contributed by atoms with Gasteiger partial charge in [-0.15, -0.1) is 12.4 Å². The summed E-state index contributed by atoms with van der Waals surface area (Å²) in [4.78, 5) is 24.0. The molecule has 1 aromatic heterocycles. The molecule has 0 radical (unpaired) electrons. The molecule has 0 aromatic carbocycles. The van der Waals surface area contributed by atoms with E-state index in [1.807, 2.05) is 0 Å². The zero-order valence-corrected chi connectivity index (χ0v) is 10.2. The van der Waals surface area contributed by atoms with Crippen molar-refractivity contribution < 1.29 is 24.4 Å². The Labute approximate surface area is 111 Å². The number of H-pyrrole nitrogens is 1. The average molecular weight is 299 g/mol. The van der Waals surface area contributed by atoms with Crippen LogP contribution in [-0.4, -0.2) is 49.8 Å². The van der Waals surface area contributed by atoms with Crippen molar-refractivity contribution in [2.75, 3.05) is 6.61 Å². The largest absolute Gasteiger partial charge is 0.394 e. The fourth-order valence-corrected chi connectivity index (χ4v) is 1.77. The summed E-state index contributed by atoms with van der Waals surface area (Å²) >= 11 is 0. The minimum atomic E-state index is -3.05. The lowest BCUT2D eigenvalue weighted by atomic mass is 10.1. The summed E-state index contributed by atoms with van der Waals surface area (Å²) in [5.74, 6) is -3.05. The Morgan fingerprint density at radius 2 is 2.11 bits per heavy atom. The van der Waals surface area contributed by atoms with Crippen LogP contribution >= 0.6 is 12.4 Å². The van der Waals surface area contributed by atoms with Crippen LogP contribution in [0.1, 0.15) is 0 Å². The van der Waals surface area contributed by atoms with Crippen LogP contribution in [-0.2, 0) is 10.7 Å². The van der Waals surface area contributed by atoms with Crippen molar-refractivity contribution in [2.45, 2.75) is 24.3 Å². The predicted octanol–water partition coefficient (Wildman–Crippen LogP) is -2.35. The monoisotopic (exact) mass is 298 g/mol. The van der Waals surface area contributed by atoms with E-state index in [9.17, 15) is 24.2 Å². The topological polar surface area (TPSA) is 125 Å². The first-order valence-corrected chi connectivity index (χ1v) is 5.06. The van der Waals surface area contributed by atoms with Crippen LogP contribution in [0.5, 0.6) is 0 Å². The first-order valence-electron chi connectivity index (χ1n) is 5.06. The van der Waals surface area contributed by atoms with Gasteiger partial charge in [-0.2, -0.15) is 4.39 Å². The number of hydrogen-bond donors (Lipinski definition) is 4. The summed E-state index contributed by atoms with van der Waals surface area (Å²) in [6.07, 6.45) is -4.35. The fraction of sp³-hybridized carbons (Fsp3) is 0.556. The number of halogens is 2. The number of aliphatic hydroxyl groups is 3. The SMILES string of the molecule is Cl.O=c1ccn([C@]2(F)O[C@H](CO)[C@@H](O)[C@H]2O)c(=O)[nH]1. The second kappa shape index (κ2) is 5.39. The average Bonchev–Trinajstić information content (AvgIpc) is 2.54. The van der Waals surface area contributed by atoms with Crippen molar-refractivity contribution >= 4 is 12.4 Å². The minimum Gasteiger partial charge on any atom is -0.394 e. The molecule has 1 fully saturated rings. The van der Waals surface area contributed by atoms with Crippen molar-refractivity contribution in [3.63, 3.8) is 0 Å². The van der Waals surface area contributed by atoms with Crippen molar-refractivity contribution in [3.8, 4) is 0 Å². The van der Waals surface area contributed by atoms with Gasteiger partial charge in [0.25, 0.3) is 5.56 Å². The van der Waals surface area contributed by atoms with Crippen molar-refractivity contribution in [3.05, 3.63) is 33.1 Å². The van der Waals surface area contributed by atoms with Crippen LogP contribution in [0.4, 0.5) is 4.39 Å². The Balaban J connectivity index is 0.00000180. The smallest absolute Gasteiger partial charge is 0.332 e. The van der Waals surface area contributed by atoms with E-state index < -0.39 is 42.1 Å². The highest BCUT2D eigenvalue weighted by atomic mass is 35.5. The Kier molecular flexibility index (Phi) is 4.48. The van der Waals surface area contributed by atoms with Crippen LogP contribution in [0.2, 0.25) is 0 Å². The van der Waals surface area contributed by atoms with Gasteiger partial charge in [0.15, 0.2) is 6.10 Å². The molecule has 19 heavy (non-hydrogen) atoms. The molecule has 4 N–H and O–H groups in total. The van der Waals surface area contributed by atoms with Crippen molar-refractivity contribution in [2.24, 2.45) is 0 Å². The van der Waals surface area contributed by atoms with E-state index in [-0.39, 0.29) is 12.4 Å². The van der Waals surface area contributed by atoms with Gasteiger partial charge >= 0.3 is 11.7 Å². The summed E-state index contributed by atoms with van der Waals surface area (Å²) in [5.41, 5.74) is -1.89. The molecule has 0 unspecified atom stereocenters. The summed E-state index contributed by atoms with van der Waals surface area (Å²) in [6, 6.07) is 0.859. The van der Waals surface area contributed by atoms with Gasteiger partial charge in [-0.1, -0.05) is 0 Å². The number of rotatable bonds is 2. The van der Waals surface area contributed by atoms with Crippen LogP contribution in [0.3, 0.4) is 0 Å².